The fourth-order valence-electron chi connectivity index (χ4n) is 2.55. The van der Waals surface area contributed by atoms with Gasteiger partial charge in [0.1, 0.15) is 5.82 Å². The summed E-state index contributed by atoms with van der Waals surface area (Å²) in [6.07, 6.45) is 3.86. The van der Waals surface area contributed by atoms with Gasteiger partial charge in [-0.2, -0.15) is 0 Å². The molecule has 0 radical (unpaired) electrons. The molecule has 0 saturated carbocycles. The van der Waals surface area contributed by atoms with Crippen LogP contribution < -0.4 is 10.2 Å². The number of nitro groups is 1. The molecule has 0 bridgehead atoms. The molecule has 0 spiro atoms. The molecular formula is C14H22N4O3. The van der Waals surface area contributed by atoms with Gasteiger partial charge in [-0.05, 0) is 26.3 Å². The molecule has 1 saturated heterocycles. The summed E-state index contributed by atoms with van der Waals surface area (Å²) in [4.78, 5) is 17.1. The van der Waals surface area contributed by atoms with Gasteiger partial charge in [0.2, 0.25) is 0 Å². The largest absolute Gasteiger partial charge is 0.383 e. The molecule has 116 valence electrons. The highest BCUT2D eigenvalue weighted by Crippen LogP contribution is 2.23. The number of ether oxygens (including phenoxy) is 1. The Bertz CT molecular complexity index is 489. The van der Waals surface area contributed by atoms with E-state index >= 15 is 0 Å². The van der Waals surface area contributed by atoms with E-state index in [2.05, 4.69) is 15.2 Å². The van der Waals surface area contributed by atoms with Crippen LogP contribution in [0.2, 0.25) is 0 Å². The summed E-state index contributed by atoms with van der Waals surface area (Å²) in [5.41, 5.74) is 0.691. The molecule has 2 heterocycles. The van der Waals surface area contributed by atoms with Gasteiger partial charge in [-0.15, -0.1) is 0 Å². The molecule has 0 aliphatic carbocycles. The average Bonchev–Trinajstić information content (AvgIpc) is 2.96. The first-order valence-electron chi connectivity index (χ1n) is 7.20. The fourth-order valence-corrected chi connectivity index (χ4v) is 2.55. The highest BCUT2D eigenvalue weighted by molar-refractivity contribution is 5.50. The summed E-state index contributed by atoms with van der Waals surface area (Å²) in [5, 5.41) is 14.5. The molecule has 7 heteroatoms. The molecule has 1 aliphatic heterocycles. The number of nitrogens with one attached hydrogen (secondary N) is 1. The fraction of sp³-hybridized carbons (Fsp3) is 0.643. The van der Waals surface area contributed by atoms with Gasteiger partial charge in [-0.1, -0.05) is 0 Å². The van der Waals surface area contributed by atoms with Gasteiger partial charge in [0.25, 0.3) is 5.69 Å². The van der Waals surface area contributed by atoms with Crippen LogP contribution in [0.25, 0.3) is 0 Å². The van der Waals surface area contributed by atoms with Crippen molar-refractivity contribution >= 4 is 11.5 Å². The second kappa shape index (κ2) is 7.33. The van der Waals surface area contributed by atoms with Crippen molar-refractivity contribution in [3.63, 3.8) is 0 Å². The predicted octanol–water partition coefficient (Wildman–Crippen LogP) is 1.50. The summed E-state index contributed by atoms with van der Waals surface area (Å²) < 4.78 is 5.14. The third-order valence-electron chi connectivity index (χ3n) is 3.75. The lowest BCUT2D eigenvalue weighted by atomic mass is 10.2. The normalized spacial score (nSPS) is 17.9. The van der Waals surface area contributed by atoms with Gasteiger partial charge in [0.15, 0.2) is 0 Å². The van der Waals surface area contributed by atoms with Crippen molar-refractivity contribution in [1.82, 2.24) is 10.3 Å². The molecule has 1 N–H and O–H groups in total. The van der Waals surface area contributed by atoms with Crippen LogP contribution in [0, 0.1) is 17.0 Å². The molecule has 7 nitrogen and oxygen atoms in total. The van der Waals surface area contributed by atoms with Gasteiger partial charge in [0, 0.05) is 38.0 Å². The smallest absolute Gasteiger partial charge is 0.277 e. The zero-order valence-corrected chi connectivity index (χ0v) is 12.5. The number of rotatable bonds is 7. The number of aromatic nitrogens is 1. The minimum atomic E-state index is -0.358. The van der Waals surface area contributed by atoms with Crippen LogP contribution in [-0.4, -0.2) is 49.3 Å². The summed E-state index contributed by atoms with van der Waals surface area (Å²) in [6.45, 7) is 4.76. The zero-order valence-electron chi connectivity index (χ0n) is 12.5. The van der Waals surface area contributed by atoms with Crippen LogP contribution in [0.5, 0.6) is 0 Å². The lowest BCUT2D eigenvalue weighted by molar-refractivity contribution is -0.385. The van der Waals surface area contributed by atoms with E-state index in [1.807, 2.05) is 0 Å². The zero-order chi connectivity index (χ0) is 15.2. The van der Waals surface area contributed by atoms with Crippen LogP contribution in [0.15, 0.2) is 12.3 Å². The number of hydrogen-bond donors (Lipinski definition) is 1. The number of aryl methyl sites for hydroxylation is 1. The predicted molar refractivity (Wildman–Crippen MR) is 80.7 cm³/mol. The first-order chi connectivity index (χ1) is 10.1. The van der Waals surface area contributed by atoms with Gasteiger partial charge in [-0.3, -0.25) is 10.1 Å². The molecule has 0 amide bonds. The molecule has 1 aromatic rings. The second-order valence-corrected chi connectivity index (χ2v) is 5.32. The number of pyridine rings is 1. The van der Waals surface area contributed by atoms with Crippen molar-refractivity contribution < 1.29 is 9.66 Å². The third-order valence-corrected chi connectivity index (χ3v) is 3.75. The van der Waals surface area contributed by atoms with Crippen molar-refractivity contribution in [1.29, 1.82) is 0 Å². The number of methoxy groups -OCH3 is 1. The standard InChI is InChI=1S/C14H22N4O3/c1-11-9-16-14(8-13(11)18(19)20)17(6-7-21-2)10-12-4-3-5-15-12/h8-9,12,15H,3-7,10H2,1-2H3. The minimum absolute atomic E-state index is 0.113. The summed E-state index contributed by atoms with van der Waals surface area (Å²) in [5.74, 6) is 0.637. The molecule has 1 fully saturated rings. The quantitative estimate of drug-likeness (QED) is 0.606. The van der Waals surface area contributed by atoms with Crippen LogP contribution >= 0.6 is 0 Å². The first kappa shape index (κ1) is 15.7. The van der Waals surface area contributed by atoms with E-state index in [4.69, 9.17) is 4.74 Å². The topological polar surface area (TPSA) is 80.5 Å². The Morgan fingerprint density at radius 2 is 2.43 bits per heavy atom. The summed E-state index contributed by atoms with van der Waals surface area (Å²) in [6, 6.07) is 1.96. The SMILES string of the molecule is COCCN(CC1CCCN1)c1cc([N+](=O)[O-])c(C)cn1. The van der Waals surface area contributed by atoms with Crippen molar-refractivity contribution in [3.05, 3.63) is 27.9 Å². The van der Waals surface area contributed by atoms with Crippen LogP contribution in [0.4, 0.5) is 11.5 Å². The van der Waals surface area contributed by atoms with Crippen molar-refractivity contribution in [2.45, 2.75) is 25.8 Å². The van der Waals surface area contributed by atoms with Crippen LogP contribution in [0.3, 0.4) is 0 Å². The molecule has 21 heavy (non-hydrogen) atoms. The Hall–Kier alpha value is -1.73. The van der Waals surface area contributed by atoms with Crippen LogP contribution in [-0.2, 0) is 4.74 Å². The molecule has 1 atom stereocenters. The third kappa shape index (κ3) is 4.12. The molecular weight excluding hydrogens is 272 g/mol. The lowest BCUT2D eigenvalue weighted by Gasteiger charge is -2.26. The molecule has 1 aliphatic rings. The maximum absolute atomic E-state index is 11.1. The Balaban J connectivity index is 2.18. The van der Waals surface area contributed by atoms with Gasteiger partial charge >= 0.3 is 0 Å². The van der Waals surface area contributed by atoms with E-state index in [9.17, 15) is 10.1 Å². The van der Waals surface area contributed by atoms with E-state index in [-0.39, 0.29) is 10.6 Å². The Morgan fingerprint density at radius 1 is 1.62 bits per heavy atom. The Labute approximate surface area is 124 Å². The highest BCUT2D eigenvalue weighted by atomic mass is 16.6. The highest BCUT2D eigenvalue weighted by Gasteiger charge is 2.21. The maximum atomic E-state index is 11.1. The monoisotopic (exact) mass is 294 g/mol. The molecule has 1 unspecified atom stereocenters. The van der Waals surface area contributed by atoms with E-state index in [1.54, 1.807) is 26.3 Å². The van der Waals surface area contributed by atoms with E-state index in [0.29, 0.717) is 30.6 Å². The van der Waals surface area contributed by atoms with E-state index in [1.165, 1.54) is 6.42 Å². The molecule has 0 aromatic carbocycles. The molecule has 2 rings (SSSR count). The van der Waals surface area contributed by atoms with Crippen LogP contribution in [0.1, 0.15) is 18.4 Å². The Morgan fingerprint density at radius 3 is 3.05 bits per heavy atom. The molecule has 1 aromatic heterocycles. The average molecular weight is 294 g/mol. The number of anilines is 1. The summed E-state index contributed by atoms with van der Waals surface area (Å²) >= 11 is 0. The first-order valence-corrected chi connectivity index (χ1v) is 7.20. The van der Waals surface area contributed by atoms with Crippen molar-refractivity contribution in [3.8, 4) is 0 Å². The van der Waals surface area contributed by atoms with E-state index in [0.717, 1.165) is 19.5 Å². The number of nitrogens with zero attached hydrogens (tertiary/aromatic N) is 3. The van der Waals surface area contributed by atoms with Gasteiger partial charge in [0.05, 0.1) is 17.6 Å². The second-order valence-electron chi connectivity index (χ2n) is 5.32. The van der Waals surface area contributed by atoms with E-state index < -0.39 is 0 Å². The lowest BCUT2D eigenvalue weighted by Crippen LogP contribution is -2.39. The maximum Gasteiger partial charge on any atom is 0.277 e. The van der Waals surface area contributed by atoms with Gasteiger partial charge in [-0.25, -0.2) is 4.98 Å². The van der Waals surface area contributed by atoms with Crippen molar-refractivity contribution in [2.24, 2.45) is 0 Å². The van der Waals surface area contributed by atoms with Gasteiger partial charge < -0.3 is 15.0 Å². The minimum Gasteiger partial charge on any atom is -0.383 e. The number of hydrogen-bond acceptors (Lipinski definition) is 6. The Kier molecular flexibility index (Phi) is 5.46. The van der Waals surface area contributed by atoms with Crippen molar-refractivity contribution in [2.75, 3.05) is 38.3 Å². The summed E-state index contributed by atoms with van der Waals surface area (Å²) in [7, 11) is 1.65.